The van der Waals surface area contributed by atoms with Crippen molar-refractivity contribution in [2.24, 2.45) is 5.73 Å². The van der Waals surface area contributed by atoms with Gasteiger partial charge in [-0.15, -0.1) is 0 Å². The minimum Gasteiger partial charge on any atom is -0.350 e. The largest absolute Gasteiger partial charge is 0.350 e. The molecule has 5 nitrogen and oxygen atoms in total. The van der Waals surface area contributed by atoms with E-state index in [-0.39, 0.29) is 10.8 Å². The molecule has 0 saturated heterocycles. The van der Waals surface area contributed by atoms with Crippen molar-refractivity contribution >= 4 is 15.7 Å². The fraction of sp³-hybridized carbons (Fsp3) is 0.500. The van der Waals surface area contributed by atoms with Crippen LogP contribution in [0.4, 0.5) is 0 Å². The summed E-state index contributed by atoms with van der Waals surface area (Å²) >= 11 is 0. The second kappa shape index (κ2) is 6.37. The molecule has 0 atom stereocenters. The van der Waals surface area contributed by atoms with Crippen molar-refractivity contribution in [2.45, 2.75) is 37.1 Å². The monoisotopic (exact) mass is 298 g/mol. The first-order valence-electron chi connectivity index (χ1n) is 6.59. The molecule has 0 aromatic heterocycles. The molecule has 0 saturated carbocycles. The maximum absolute atomic E-state index is 12.0. The highest BCUT2D eigenvalue weighted by Crippen LogP contribution is 2.13. The van der Waals surface area contributed by atoms with E-state index in [1.165, 1.54) is 12.1 Å². The van der Waals surface area contributed by atoms with E-state index >= 15 is 0 Å². The highest BCUT2D eigenvalue weighted by Gasteiger charge is 2.21. The first-order chi connectivity index (χ1) is 9.22. The van der Waals surface area contributed by atoms with Gasteiger partial charge in [0.15, 0.2) is 9.84 Å². The van der Waals surface area contributed by atoms with Crippen LogP contribution in [0.5, 0.6) is 0 Å². The fourth-order valence-corrected chi connectivity index (χ4v) is 2.39. The Bertz CT molecular complexity index is 578. The Morgan fingerprint density at radius 2 is 1.90 bits per heavy atom. The van der Waals surface area contributed by atoms with E-state index < -0.39 is 15.4 Å². The van der Waals surface area contributed by atoms with Crippen molar-refractivity contribution in [3.05, 3.63) is 29.8 Å². The second-order valence-electron chi connectivity index (χ2n) is 5.05. The Hall–Kier alpha value is -1.40. The third kappa shape index (κ3) is 4.31. The fourth-order valence-electron chi connectivity index (χ4n) is 1.73. The van der Waals surface area contributed by atoms with Gasteiger partial charge in [0.05, 0.1) is 4.90 Å². The van der Waals surface area contributed by atoms with E-state index in [1.807, 2.05) is 13.8 Å². The summed E-state index contributed by atoms with van der Waals surface area (Å²) < 4.78 is 22.9. The lowest BCUT2D eigenvalue weighted by atomic mass is 9.94. The van der Waals surface area contributed by atoms with Crippen LogP contribution in [0.1, 0.15) is 37.0 Å². The maximum atomic E-state index is 12.0. The molecule has 0 fully saturated rings. The van der Waals surface area contributed by atoms with Crippen molar-refractivity contribution < 1.29 is 13.2 Å². The number of sulfone groups is 1. The third-order valence-electron chi connectivity index (χ3n) is 3.53. The summed E-state index contributed by atoms with van der Waals surface area (Å²) in [6.07, 6.45) is 2.63. The van der Waals surface area contributed by atoms with Crippen molar-refractivity contribution in [1.82, 2.24) is 5.32 Å². The zero-order valence-electron chi connectivity index (χ0n) is 12.1. The van der Waals surface area contributed by atoms with Crippen LogP contribution in [-0.2, 0) is 9.84 Å². The molecule has 1 aromatic rings. The molecule has 1 aromatic carbocycles. The zero-order chi connectivity index (χ0) is 15.4. The van der Waals surface area contributed by atoms with Crippen molar-refractivity contribution in [1.29, 1.82) is 0 Å². The standard InChI is InChI=1S/C14H22N2O3S/c1-4-14(15,5-2)10-16-13(17)11-7-6-8-12(9-11)20(3,18)19/h6-9H,4-5,10,15H2,1-3H3,(H,16,17). The van der Waals surface area contributed by atoms with Gasteiger partial charge in [-0.05, 0) is 31.0 Å². The second-order valence-corrected chi connectivity index (χ2v) is 7.07. The van der Waals surface area contributed by atoms with Crippen LogP contribution in [0.3, 0.4) is 0 Å². The average Bonchev–Trinajstić information content (AvgIpc) is 2.43. The Labute approximate surface area is 120 Å². The number of rotatable bonds is 6. The molecule has 20 heavy (non-hydrogen) atoms. The number of nitrogens with two attached hydrogens (primary N) is 1. The summed E-state index contributed by atoms with van der Waals surface area (Å²) in [5.41, 5.74) is 6.01. The highest BCUT2D eigenvalue weighted by molar-refractivity contribution is 7.90. The predicted octanol–water partition coefficient (Wildman–Crippen LogP) is 1.34. The number of carbonyl (C=O) groups excluding carboxylic acids is 1. The molecule has 0 bridgehead atoms. The molecule has 0 aliphatic heterocycles. The van der Waals surface area contributed by atoms with Crippen LogP contribution in [0, 0.1) is 0 Å². The van der Waals surface area contributed by atoms with E-state index in [1.54, 1.807) is 12.1 Å². The van der Waals surface area contributed by atoms with Gasteiger partial charge in [0.2, 0.25) is 0 Å². The number of carbonyl (C=O) groups is 1. The summed E-state index contributed by atoms with van der Waals surface area (Å²) in [6, 6.07) is 5.99. The normalized spacial score (nSPS) is 12.2. The lowest BCUT2D eigenvalue weighted by molar-refractivity contribution is 0.0942. The zero-order valence-corrected chi connectivity index (χ0v) is 13.0. The molecule has 1 rings (SSSR count). The number of nitrogens with one attached hydrogen (secondary N) is 1. The summed E-state index contributed by atoms with van der Waals surface area (Å²) in [7, 11) is -3.32. The Kier molecular flexibility index (Phi) is 5.30. The lowest BCUT2D eigenvalue weighted by Crippen LogP contribution is -2.49. The molecular weight excluding hydrogens is 276 g/mol. The van der Waals surface area contributed by atoms with E-state index in [0.29, 0.717) is 12.1 Å². The van der Waals surface area contributed by atoms with Gasteiger partial charge in [0.1, 0.15) is 0 Å². The van der Waals surface area contributed by atoms with E-state index in [2.05, 4.69) is 5.32 Å². The van der Waals surface area contributed by atoms with E-state index in [4.69, 9.17) is 5.73 Å². The summed E-state index contributed by atoms with van der Waals surface area (Å²) in [6.45, 7) is 4.31. The Morgan fingerprint density at radius 3 is 2.40 bits per heavy atom. The molecule has 0 heterocycles. The predicted molar refractivity (Wildman–Crippen MR) is 79.4 cm³/mol. The quantitative estimate of drug-likeness (QED) is 0.829. The minimum absolute atomic E-state index is 0.134. The number of hydrogen-bond donors (Lipinski definition) is 2. The van der Waals surface area contributed by atoms with Gasteiger partial charge in [0, 0.05) is 23.9 Å². The lowest BCUT2D eigenvalue weighted by Gasteiger charge is -2.26. The molecule has 0 aliphatic carbocycles. The van der Waals surface area contributed by atoms with Crippen LogP contribution in [0.25, 0.3) is 0 Å². The molecule has 0 aliphatic rings. The number of benzene rings is 1. The molecule has 0 unspecified atom stereocenters. The van der Waals surface area contributed by atoms with Gasteiger partial charge in [-0.2, -0.15) is 0 Å². The van der Waals surface area contributed by atoms with Crippen LogP contribution >= 0.6 is 0 Å². The molecule has 1 amide bonds. The van der Waals surface area contributed by atoms with Crippen molar-refractivity contribution in [2.75, 3.05) is 12.8 Å². The number of amides is 1. The molecule has 0 radical (unpaired) electrons. The highest BCUT2D eigenvalue weighted by atomic mass is 32.2. The molecule has 112 valence electrons. The Balaban J connectivity index is 2.84. The van der Waals surface area contributed by atoms with Crippen molar-refractivity contribution in [3.8, 4) is 0 Å². The van der Waals surface area contributed by atoms with Gasteiger partial charge in [-0.1, -0.05) is 19.9 Å². The van der Waals surface area contributed by atoms with Crippen molar-refractivity contribution in [3.63, 3.8) is 0 Å². The average molecular weight is 298 g/mol. The first kappa shape index (κ1) is 16.7. The van der Waals surface area contributed by atoms with Gasteiger partial charge in [-0.3, -0.25) is 4.79 Å². The van der Waals surface area contributed by atoms with Crippen LogP contribution in [0.15, 0.2) is 29.2 Å². The molecule has 3 N–H and O–H groups in total. The molecule has 0 spiro atoms. The summed E-state index contributed by atoms with van der Waals surface area (Å²) in [5, 5.41) is 2.76. The summed E-state index contributed by atoms with van der Waals surface area (Å²) in [4.78, 5) is 12.2. The van der Waals surface area contributed by atoms with Crippen LogP contribution in [-0.4, -0.2) is 32.7 Å². The molecule has 6 heteroatoms. The topological polar surface area (TPSA) is 89.3 Å². The SMILES string of the molecule is CCC(N)(CC)CNC(=O)c1cccc(S(C)(=O)=O)c1. The smallest absolute Gasteiger partial charge is 0.251 e. The van der Waals surface area contributed by atoms with Gasteiger partial charge in [-0.25, -0.2) is 8.42 Å². The Morgan fingerprint density at radius 1 is 1.30 bits per heavy atom. The van der Waals surface area contributed by atoms with Gasteiger partial charge in [0.25, 0.3) is 5.91 Å². The number of hydrogen-bond acceptors (Lipinski definition) is 4. The van der Waals surface area contributed by atoms with E-state index in [0.717, 1.165) is 19.1 Å². The maximum Gasteiger partial charge on any atom is 0.251 e. The molecular formula is C14H22N2O3S. The van der Waals surface area contributed by atoms with E-state index in [9.17, 15) is 13.2 Å². The van der Waals surface area contributed by atoms with Gasteiger partial charge < -0.3 is 11.1 Å². The van der Waals surface area contributed by atoms with Gasteiger partial charge >= 0.3 is 0 Å². The first-order valence-corrected chi connectivity index (χ1v) is 8.48. The minimum atomic E-state index is -3.32. The van der Waals surface area contributed by atoms with Crippen LogP contribution < -0.4 is 11.1 Å². The summed E-state index contributed by atoms with van der Waals surface area (Å²) in [5.74, 6) is -0.313. The third-order valence-corrected chi connectivity index (χ3v) is 4.64. The van der Waals surface area contributed by atoms with Crippen LogP contribution in [0.2, 0.25) is 0 Å².